The number of carbonyl (C=O) groups is 1. The van der Waals surface area contributed by atoms with Crippen molar-refractivity contribution in [2.45, 2.75) is 25.3 Å². The predicted molar refractivity (Wildman–Crippen MR) is 69.7 cm³/mol. The van der Waals surface area contributed by atoms with Gasteiger partial charge in [0, 0.05) is 12.3 Å². The highest BCUT2D eigenvalue weighted by Crippen LogP contribution is 2.14. The van der Waals surface area contributed by atoms with E-state index in [2.05, 4.69) is 15.8 Å². The summed E-state index contributed by atoms with van der Waals surface area (Å²) < 4.78 is 0. The third-order valence-electron chi connectivity index (χ3n) is 2.92. The molecule has 1 fully saturated rings. The standard InChI is InChI=1S/C13H17N3O2/c17-12-7-2-1-6-11(12)13(18)16-15-9-10-5-3-4-8-14-10/h1-2,6-7,9-10,14,17H,3-5,8H2,(H,16,18)/b15-9+. The molecule has 1 aliphatic heterocycles. The van der Waals surface area contributed by atoms with Gasteiger partial charge in [0.2, 0.25) is 0 Å². The smallest absolute Gasteiger partial charge is 0.275 e. The van der Waals surface area contributed by atoms with E-state index in [0.29, 0.717) is 0 Å². The van der Waals surface area contributed by atoms with E-state index < -0.39 is 5.91 Å². The molecule has 1 saturated heterocycles. The van der Waals surface area contributed by atoms with Gasteiger partial charge < -0.3 is 10.4 Å². The fourth-order valence-electron chi connectivity index (χ4n) is 1.92. The average molecular weight is 247 g/mol. The molecule has 1 aromatic carbocycles. The Hall–Kier alpha value is -1.88. The predicted octanol–water partition coefficient (Wildman–Crippen LogP) is 1.25. The van der Waals surface area contributed by atoms with Crippen molar-refractivity contribution in [1.29, 1.82) is 0 Å². The van der Waals surface area contributed by atoms with E-state index in [9.17, 15) is 9.90 Å². The van der Waals surface area contributed by atoms with Crippen molar-refractivity contribution in [2.24, 2.45) is 5.10 Å². The summed E-state index contributed by atoms with van der Waals surface area (Å²) in [6.07, 6.45) is 5.11. The fourth-order valence-corrected chi connectivity index (χ4v) is 1.92. The first kappa shape index (κ1) is 12.6. The van der Waals surface area contributed by atoms with Gasteiger partial charge in [-0.1, -0.05) is 18.6 Å². The van der Waals surface area contributed by atoms with E-state index in [1.807, 2.05) is 0 Å². The highest BCUT2D eigenvalue weighted by molar-refractivity contribution is 5.96. The van der Waals surface area contributed by atoms with Gasteiger partial charge in [-0.2, -0.15) is 5.10 Å². The number of aromatic hydroxyl groups is 1. The summed E-state index contributed by atoms with van der Waals surface area (Å²) in [6.45, 7) is 0.990. The monoisotopic (exact) mass is 247 g/mol. The van der Waals surface area contributed by atoms with Crippen LogP contribution < -0.4 is 10.7 Å². The molecule has 5 heteroatoms. The Balaban J connectivity index is 1.88. The van der Waals surface area contributed by atoms with Crippen LogP contribution in [-0.2, 0) is 0 Å². The summed E-state index contributed by atoms with van der Waals surface area (Å²) in [7, 11) is 0. The molecule has 1 heterocycles. The number of nitrogens with one attached hydrogen (secondary N) is 2. The molecule has 0 aliphatic carbocycles. The van der Waals surface area contributed by atoms with E-state index in [1.165, 1.54) is 18.9 Å². The summed E-state index contributed by atoms with van der Waals surface area (Å²) in [4.78, 5) is 11.7. The molecule has 0 radical (unpaired) electrons. The third-order valence-corrected chi connectivity index (χ3v) is 2.92. The first-order chi connectivity index (χ1) is 8.77. The molecule has 0 saturated carbocycles. The summed E-state index contributed by atoms with van der Waals surface area (Å²) in [5, 5.41) is 16.7. The molecule has 1 amide bonds. The molecule has 1 atom stereocenters. The lowest BCUT2D eigenvalue weighted by Crippen LogP contribution is -2.35. The van der Waals surface area contributed by atoms with E-state index >= 15 is 0 Å². The molecule has 2 rings (SSSR count). The van der Waals surface area contributed by atoms with Crippen LogP contribution in [0.1, 0.15) is 29.6 Å². The number of amides is 1. The van der Waals surface area contributed by atoms with Gasteiger partial charge in [-0.3, -0.25) is 4.79 Å². The number of para-hydroxylation sites is 1. The molecule has 96 valence electrons. The van der Waals surface area contributed by atoms with Crippen LogP contribution in [0.25, 0.3) is 0 Å². The molecule has 5 nitrogen and oxygen atoms in total. The van der Waals surface area contributed by atoms with E-state index in [4.69, 9.17) is 0 Å². The van der Waals surface area contributed by atoms with Crippen LogP contribution >= 0.6 is 0 Å². The number of phenols is 1. The molecular formula is C13H17N3O2. The maximum Gasteiger partial charge on any atom is 0.275 e. The van der Waals surface area contributed by atoms with Gasteiger partial charge in [0.15, 0.2) is 0 Å². The van der Waals surface area contributed by atoms with Gasteiger partial charge >= 0.3 is 0 Å². The number of hydrogen-bond acceptors (Lipinski definition) is 4. The maximum absolute atomic E-state index is 11.7. The van der Waals surface area contributed by atoms with Gasteiger partial charge in [-0.05, 0) is 31.5 Å². The van der Waals surface area contributed by atoms with Crippen molar-refractivity contribution in [3.05, 3.63) is 29.8 Å². The fraction of sp³-hybridized carbons (Fsp3) is 0.385. The Morgan fingerprint density at radius 2 is 2.28 bits per heavy atom. The highest BCUT2D eigenvalue weighted by Gasteiger charge is 2.11. The Kier molecular flexibility index (Phi) is 4.30. The number of phenolic OH excluding ortho intramolecular Hbond substituents is 1. The first-order valence-corrected chi connectivity index (χ1v) is 6.12. The lowest BCUT2D eigenvalue weighted by molar-refractivity contribution is 0.0952. The highest BCUT2D eigenvalue weighted by atomic mass is 16.3. The summed E-state index contributed by atoms with van der Waals surface area (Å²) in [5.74, 6) is -0.443. The number of nitrogens with zero attached hydrogens (tertiary/aromatic N) is 1. The van der Waals surface area contributed by atoms with Crippen LogP contribution in [0.3, 0.4) is 0 Å². The van der Waals surface area contributed by atoms with E-state index in [-0.39, 0.29) is 17.4 Å². The van der Waals surface area contributed by atoms with Gasteiger partial charge in [-0.25, -0.2) is 5.43 Å². The van der Waals surface area contributed by atoms with Gasteiger partial charge in [0.05, 0.1) is 5.56 Å². The molecule has 0 bridgehead atoms. The largest absolute Gasteiger partial charge is 0.507 e. The zero-order valence-electron chi connectivity index (χ0n) is 10.1. The van der Waals surface area contributed by atoms with Crippen LogP contribution in [-0.4, -0.2) is 29.8 Å². The Bertz CT molecular complexity index is 440. The minimum atomic E-state index is -0.403. The van der Waals surface area contributed by atoms with Crippen molar-refractivity contribution in [2.75, 3.05) is 6.54 Å². The molecule has 3 N–H and O–H groups in total. The van der Waals surface area contributed by atoms with Crippen LogP contribution in [0.5, 0.6) is 5.75 Å². The minimum absolute atomic E-state index is 0.0407. The van der Waals surface area contributed by atoms with Crippen molar-refractivity contribution >= 4 is 12.1 Å². The normalized spacial score (nSPS) is 19.9. The van der Waals surface area contributed by atoms with Crippen molar-refractivity contribution in [1.82, 2.24) is 10.7 Å². The number of hydrazone groups is 1. The molecule has 1 unspecified atom stereocenters. The molecule has 1 aromatic rings. The van der Waals surface area contributed by atoms with Crippen LogP contribution in [0.4, 0.5) is 0 Å². The van der Waals surface area contributed by atoms with Crippen molar-refractivity contribution in [3.63, 3.8) is 0 Å². The second kappa shape index (κ2) is 6.16. The lowest BCUT2D eigenvalue weighted by Gasteiger charge is -2.19. The molecule has 0 spiro atoms. The Morgan fingerprint density at radius 1 is 1.44 bits per heavy atom. The quantitative estimate of drug-likeness (QED) is 0.556. The van der Waals surface area contributed by atoms with Gasteiger partial charge in [-0.15, -0.1) is 0 Å². The average Bonchev–Trinajstić information content (AvgIpc) is 2.40. The minimum Gasteiger partial charge on any atom is -0.507 e. The van der Waals surface area contributed by atoms with Crippen LogP contribution in [0.15, 0.2) is 29.4 Å². The van der Waals surface area contributed by atoms with E-state index in [0.717, 1.165) is 13.0 Å². The summed E-state index contributed by atoms with van der Waals surface area (Å²) in [5.41, 5.74) is 2.65. The SMILES string of the molecule is O=C(N/N=C/C1CCCCN1)c1ccccc1O. The topological polar surface area (TPSA) is 73.7 Å². The number of rotatable bonds is 3. The second-order valence-corrected chi connectivity index (χ2v) is 4.29. The molecule has 1 aliphatic rings. The summed E-state index contributed by atoms with van der Waals surface area (Å²) >= 11 is 0. The Labute approximate surface area is 106 Å². The van der Waals surface area contributed by atoms with Crippen molar-refractivity contribution in [3.8, 4) is 5.75 Å². The Morgan fingerprint density at radius 3 is 3.00 bits per heavy atom. The van der Waals surface area contributed by atoms with Gasteiger partial charge in [0.1, 0.15) is 5.75 Å². The summed E-state index contributed by atoms with van der Waals surface area (Å²) in [6, 6.07) is 6.62. The van der Waals surface area contributed by atoms with E-state index in [1.54, 1.807) is 24.4 Å². The molecule has 0 aromatic heterocycles. The zero-order valence-corrected chi connectivity index (χ0v) is 10.1. The second-order valence-electron chi connectivity index (χ2n) is 4.29. The number of hydrogen-bond donors (Lipinski definition) is 3. The maximum atomic E-state index is 11.7. The first-order valence-electron chi connectivity index (χ1n) is 6.12. The molecule has 18 heavy (non-hydrogen) atoms. The van der Waals surface area contributed by atoms with Crippen molar-refractivity contribution < 1.29 is 9.90 Å². The number of carbonyl (C=O) groups excluding carboxylic acids is 1. The van der Waals surface area contributed by atoms with Gasteiger partial charge in [0.25, 0.3) is 5.91 Å². The lowest BCUT2D eigenvalue weighted by atomic mass is 10.1. The van der Waals surface area contributed by atoms with Crippen LogP contribution in [0.2, 0.25) is 0 Å². The number of benzene rings is 1. The molecular weight excluding hydrogens is 230 g/mol. The zero-order chi connectivity index (χ0) is 12.8. The van der Waals surface area contributed by atoms with Crippen LogP contribution in [0, 0.1) is 0 Å². The number of piperidine rings is 1. The third kappa shape index (κ3) is 3.30.